The summed E-state index contributed by atoms with van der Waals surface area (Å²) in [6.45, 7) is 4.02. The molecular weight excluding hydrogens is 352 g/mol. The maximum absolute atomic E-state index is 6.44. The number of benzene rings is 2. The Morgan fingerprint density at radius 3 is 2.44 bits per heavy atom. The summed E-state index contributed by atoms with van der Waals surface area (Å²) in [6.07, 6.45) is 8.16. The Hall–Kier alpha value is -1.77. The molecule has 0 amide bonds. The van der Waals surface area contributed by atoms with E-state index in [-0.39, 0.29) is 0 Å². The van der Waals surface area contributed by atoms with Gasteiger partial charge in [-0.1, -0.05) is 73.7 Å². The van der Waals surface area contributed by atoms with Crippen LogP contribution in [0.15, 0.2) is 48.5 Å². The maximum atomic E-state index is 6.44. The smallest absolute Gasteiger partial charge is 0.0493 e. The van der Waals surface area contributed by atoms with Crippen LogP contribution in [0.3, 0.4) is 0 Å². The van der Waals surface area contributed by atoms with Crippen molar-refractivity contribution in [2.24, 2.45) is 0 Å². The fourth-order valence-electron chi connectivity index (χ4n) is 4.46. The fourth-order valence-corrected chi connectivity index (χ4v) is 4.65. The lowest BCUT2D eigenvalue weighted by molar-refractivity contribution is 0.459. The standard InChI is InChI=1S/C24H29ClN2/c1-18-22(16-26-20-11-4-2-3-5-12-20)21-13-7-9-15-24(21)27(18)17-19-10-6-8-14-23(19)25/h6-10,13-15,20,26H,2-5,11-12,16-17H2,1H3. The van der Waals surface area contributed by atoms with Gasteiger partial charge in [-0.25, -0.2) is 0 Å². The minimum absolute atomic E-state index is 0.664. The summed E-state index contributed by atoms with van der Waals surface area (Å²) in [5.74, 6) is 0. The molecule has 2 aromatic carbocycles. The highest BCUT2D eigenvalue weighted by Gasteiger charge is 2.17. The normalized spacial score (nSPS) is 15.9. The summed E-state index contributed by atoms with van der Waals surface area (Å²) in [5, 5.41) is 6.06. The van der Waals surface area contributed by atoms with Gasteiger partial charge in [-0.2, -0.15) is 0 Å². The van der Waals surface area contributed by atoms with Crippen molar-refractivity contribution in [1.82, 2.24) is 9.88 Å². The minimum atomic E-state index is 0.664. The van der Waals surface area contributed by atoms with Gasteiger partial charge in [-0.15, -0.1) is 0 Å². The minimum Gasteiger partial charge on any atom is -0.340 e. The Labute approximate surface area is 167 Å². The van der Waals surface area contributed by atoms with Crippen molar-refractivity contribution in [3.05, 3.63) is 70.4 Å². The third-order valence-electron chi connectivity index (χ3n) is 6.07. The molecule has 0 bridgehead atoms. The first-order chi connectivity index (χ1) is 13.2. The number of rotatable bonds is 5. The number of hydrogen-bond donors (Lipinski definition) is 1. The molecule has 0 unspecified atom stereocenters. The molecule has 1 saturated carbocycles. The summed E-state index contributed by atoms with van der Waals surface area (Å²) >= 11 is 6.44. The van der Waals surface area contributed by atoms with Crippen molar-refractivity contribution in [3.63, 3.8) is 0 Å². The maximum Gasteiger partial charge on any atom is 0.0493 e. The van der Waals surface area contributed by atoms with Crippen LogP contribution in [0.25, 0.3) is 10.9 Å². The van der Waals surface area contributed by atoms with Gasteiger partial charge in [0.05, 0.1) is 0 Å². The summed E-state index contributed by atoms with van der Waals surface area (Å²) in [5.41, 5.74) is 5.25. The molecule has 0 aliphatic heterocycles. The van der Waals surface area contributed by atoms with Gasteiger partial charge in [0.25, 0.3) is 0 Å². The third-order valence-corrected chi connectivity index (χ3v) is 6.44. The second-order valence-corrected chi connectivity index (χ2v) is 8.24. The molecule has 0 radical (unpaired) electrons. The molecular formula is C24H29ClN2. The van der Waals surface area contributed by atoms with Gasteiger partial charge in [0, 0.05) is 40.8 Å². The molecule has 27 heavy (non-hydrogen) atoms. The van der Waals surface area contributed by atoms with Gasteiger partial charge < -0.3 is 9.88 Å². The van der Waals surface area contributed by atoms with Crippen molar-refractivity contribution >= 4 is 22.5 Å². The highest BCUT2D eigenvalue weighted by atomic mass is 35.5. The fraction of sp³-hybridized carbons (Fsp3) is 0.417. The van der Waals surface area contributed by atoms with Gasteiger partial charge in [0.15, 0.2) is 0 Å². The van der Waals surface area contributed by atoms with Crippen LogP contribution in [0.2, 0.25) is 5.02 Å². The Balaban J connectivity index is 1.63. The van der Waals surface area contributed by atoms with E-state index in [1.165, 1.54) is 66.2 Å². The van der Waals surface area contributed by atoms with Crippen molar-refractivity contribution in [3.8, 4) is 0 Å². The van der Waals surface area contributed by atoms with Crippen molar-refractivity contribution in [2.45, 2.75) is 64.6 Å². The molecule has 142 valence electrons. The molecule has 3 heteroatoms. The number of para-hydroxylation sites is 1. The topological polar surface area (TPSA) is 17.0 Å². The number of fused-ring (bicyclic) bond motifs is 1. The van der Waals surface area contributed by atoms with E-state index < -0.39 is 0 Å². The molecule has 1 aromatic heterocycles. The molecule has 0 saturated heterocycles. The van der Waals surface area contributed by atoms with Crippen LogP contribution in [-0.4, -0.2) is 10.6 Å². The number of hydrogen-bond acceptors (Lipinski definition) is 1. The molecule has 0 atom stereocenters. The molecule has 1 fully saturated rings. The van der Waals surface area contributed by atoms with E-state index >= 15 is 0 Å². The monoisotopic (exact) mass is 380 g/mol. The van der Waals surface area contributed by atoms with E-state index in [0.717, 1.165) is 18.1 Å². The molecule has 2 nitrogen and oxygen atoms in total. The molecule has 1 heterocycles. The number of aromatic nitrogens is 1. The molecule has 1 N–H and O–H groups in total. The average molecular weight is 381 g/mol. The van der Waals surface area contributed by atoms with Crippen molar-refractivity contribution < 1.29 is 0 Å². The van der Waals surface area contributed by atoms with Gasteiger partial charge in [-0.3, -0.25) is 0 Å². The first-order valence-corrected chi connectivity index (χ1v) is 10.7. The van der Waals surface area contributed by atoms with Crippen molar-refractivity contribution in [2.75, 3.05) is 0 Å². The van der Waals surface area contributed by atoms with Crippen LogP contribution in [-0.2, 0) is 13.1 Å². The lowest BCUT2D eigenvalue weighted by atomic mass is 10.1. The van der Waals surface area contributed by atoms with E-state index in [9.17, 15) is 0 Å². The predicted molar refractivity (Wildman–Crippen MR) is 116 cm³/mol. The van der Waals surface area contributed by atoms with Crippen LogP contribution in [0.5, 0.6) is 0 Å². The van der Waals surface area contributed by atoms with Crippen molar-refractivity contribution in [1.29, 1.82) is 0 Å². The zero-order valence-electron chi connectivity index (χ0n) is 16.2. The molecule has 0 spiro atoms. The van der Waals surface area contributed by atoms with Crippen LogP contribution >= 0.6 is 11.6 Å². The summed E-state index contributed by atoms with van der Waals surface area (Å²) < 4.78 is 2.42. The van der Waals surface area contributed by atoms with E-state index in [2.05, 4.69) is 53.2 Å². The highest BCUT2D eigenvalue weighted by Crippen LogP contribution is 2.28. The second kappa shape index (κ2) is 8.50. The molecule has 1 aliphatic rings. The molecule has 4 rings (SSSR count). The first kappa shape index (κ1) is 18.6. The second-order valence-electron chi connectivity index (χ2n) is 7.83. The summed E-state index contributed by atoms with van der Waals surface area (Å²) in [4.78, 5) is 0. The SMILES string of the molecule is Cc1c(CNC2CCCCCC2)c2ccccc2n1Cc1ccccc1Cl. The molecule has 3 aromatic rings. The Kier molecular flexibility index (Phi) is 5.85. The van der Waals surface area contributed by atoms with Crippen LogP contribution < -0.4 is 5.32 Å². The quantitative estimate of drug-likeness (QED) is 0.502. The third kappa shape index (κ3) is 4.07. The lowest BCUT2D eigenvalue weighted by Gasteiger charge is -2.16. The Bertz CT molecular complexity index is 904. The van der Waals surface area contributed by atoms with Gasteiger partial charge in [0.1, 0.15) is 0 Å². The zero-order chi connectivity index (χ0) is 18.6. The zero-order valence-corrected chi connectivity index (χ0v) is 16.9. The first-order valence-electron chi connectivity index (χ1n) is 10.3. The Morgan fingerprint density at radius 1 is 0.963 bits per heavy atom. The van der Waals surface area contributed by atoms with Gasteiger partial charge in [0.2, 0.25) is 0 Å². The number of halogens is 1. The largest absolute Gasteiger partial charge is 0.340 e. The van der Waals surface area contributed by atoms with Crippen LogP contribution in [0.1, 0.15) is 55.3 Å². The summed E-state index contributed by atoms with van der Waals surface area (Å²) in [6, 6.07) is 17.6. The lowest BCUT2D eigenvalue weighted by Crippen LogP contribution is -2.28. The van der Waals surface area contributed by atoms with E-state index in [1.807, 2.05) is 12.1 Å². The van der Waals surface area contributed by atoms with Gasteiger partial charge >= 0.3 is 0 Å². The van der Waals surface area contributed by atoms with Crippen LogP contribution in [0, 0.1) is 6.92 Å². The number of nitrogens with one attached hydrogen (secondary N) is 1. The van der Waals surface area contributed by atoms with Crippen LogP contribution in [0.4, 0.5) is 0 Å². The molecule has 1 aliphatic carbocycles. The average Bonchev–Trinajstić information content (AvgIpc) is 2.85. The number of nitrogens with zero attached hydrogens (tertiary/aromatic N) is 1. The van der Waals surface area contributed by atoms with E-state index in [4.69, 9.17) is 11.6 Å². The summed E-state index contributed by atoms with van der Waals surface area (Å²) in [7, 11) is 0. The van der Waals surface area contributed by atoms with E-state index in [0.29, 0.717) is 6.04 Å². The van der Waals surface area contributed by atoms with Gasteiger partial charge in [-0.05, 0) is 43.0 Å². The van der Waals surface area contributed by atoms with E-state index in [1.54, 1.807) is 0 Å². The predicted octanol–water partition coefficient (Wildman–Crippen LogP) is 6.46. The Morgan fingerprint density at radius 2 is 1.67 bits per heavy atom. The highest BCUT2D eigenvalue weighted by molar-refractivity contribution is 6.31.